The molecule has 1 aliphatic carbocycles. The Kier molecular flexibility index (Phi) is 5.11. The number of hydrazone groups is 1. The summed E-state index contributed by atoms with van der Waals surface area (Å²) in [5.74, 6) is 0.619. The fourth-order valence-electron chi connectivity index (χ4n) is 2.78. The molecule has 0 unspecified atom stereocenters. The zero-order valence-electron chi connectivity index (χ0n) is 13.7. The van der Waals surface area contributed by atoms with Crippen LogP contribution in [0.3, 0.4) is 0 Å². The minimum Gasteiger partial charge on any atom is -0.497 e. The van der Waals surface area contributed by atoms with Crippen LogP contribution in [0.4, 0.5) is 5.69 Å². The maximum absolute atomic E-state index is 12.0. The first kappa shape index (κ1) is 16.1. The second kappa shape index (κ2) is 7.64. The maximum Gasteiger partial charge on any atom is 0.259 e. The number of nitrogens with one attached hydrogen (secondary N) is 2. The van der Waals surface area contributed by atoms with Crippen molar-refractivity contribution in [3.8, 4) is 5.75 Å². The molecule has 124 valence electrons. The van der Waals surface area contributed by atoms with Crippen LogP contribution in [0.25, 0.3) is 0 Å². The molecule has 3 rings (SSSR count). The van der Waals surface area contributed by atoms with Crippen molar-refractivity contribution in [1.82, 2.24) is 5.43 Å². The van der Waals surface area contributed by atoms with Gasteiger partial charge in [0, 0.05) is 11.3 Å². The molecule has 5 heteroatoms. The van der Waals surface area contributed by atoms with E-state index in [0.717, 1.165) is 42.0 Å². The van der Waals surface area contributed by atoms with Crippen molar-refractivity contribution in [3.63, 3.8) is 0 Å². The number of aryl methyl sites for hydroxylation is 1. The van der Waals surface area contributed by atoms with Crippen LogP contribution in [0.5, 0.6) is 5.75 Å². The monoisotopic (exact) mass is 323 g/mol. The number of hydrogen-bond donors (Lipinski definition) is 2. The van der Waals surface area contributed by atoms with Gasteiger partial charge in [-0.05, 0) is 49.1 Å². The van der Waals surface area contributed by atoms with E-state index in [0.29, 0.717) is 0 Å². The molecular weight excluding hydrogens is 302 g/mol. The van der Waals surface area contributed by atoms with Crippen molar-refractivity contribution in [3.05, 3.63) is 59.7 Å². The third-order valence-corrected chi connectivity index (χ3v) is 4.05. The normalized spacial score (nSPS) is 14.8. The quantitative estimate of drug-likeness (QED) is 0.832. The zero-order chi connectivity index (χ0) is 16.8. The highest BCUT2D eigenvalue weighted by Crippen LogP contribution is 2.21. The van der Waals surface area contributed by atoms with Gasteiger partial charge in [-0.15, -0.1) is 0 Å². The summed E-state index contributed by atoms with van der Waals surface area (Å²) in [5, 5.41) is 7.39. The summed E-state index contributed by atoms with van der Waals surface area (Å²) in [7, 11) is 1.62. The Bertz CT molecular complexity index is 739. The number of amides is 1. The molecule has 2 N–H and O–H groups in total. The number of methoxy groups -OCH3 is 1. The Labute approximate surface area is 141 Å². The number of hydrogen-bond acceptors (Lipinski definition) is 4. The van der Waals surface area contributed by atoms with E-state index in [9.17, 15) is 4.79 Å². The van der Waals surface area contributed by atoms with E-state index in [2.05, 4.69) is 28.0 Å². The van der Waals surface area contributed by atoms with E-state index in [4.69, 9.17) is 4.74 Å². The standard InChI is InChI=1S/C19H21N3O2/c1-24-16-11-9-15(10-12-16)20-13-19(23)22-21-18-8-4-6-14-5-2-3-7-17(14)18/h2-3,5,7,9-12,20H,4,6,8,13H2,1H3,(H,22,23)/b21-18+. The number of carbonyl (C=O) groups excluding carboxylic acids is 1. The number of carbonyl (C=O) groups is 1. The number of nitrogens with zero attached hydrogens (tertiary/aromatic N) is 1. The summed E-state index contributed by atoms with van der Waals surface area (Å²) in [6, 6.07) is 15.7. The zero-order valence-corrected chi connectivity index (χ0v) is 13.7. The van der Waals surface area contributed by atoms with E-state index in [1.54, 1.807) is 7.11 Å². The molecule has 24 heavy (non-hydrogen) atoms. The van der Waals surface area contributed by atoms with Gasteiger partial charge in [-0.25, -0.2) is 5.43 Å². The summed E-state index contributed by atoms with van der Waals surface area (Å²) in [6.07, 6.45) is 3.03. The average molecular weight is 323 g/mol. The first-order chi connectivity index (χ1) is 11.8. The van der Waals surface area contributed by atoms with E-state index < -0.39 is 0 Å². The number of ether oxygens (including phenoxy) is 1. The van der Waals surface area contributed by atoms with Gasteiger partial charge in [-0.2, -0.15) is 5.10 Å². The lowest BCUT2D eigenvalue weighted by molar-refractivity contribution is -0.119. The highest BCUT2D eigenvalue weighted by Gasteiger charge is 2.15. The van der Waals surface area contributed by atoms with Gasteiger partial charge in [0.2, 0.25) is 0 Å². The van der Waals surface area contributed by atoms with Crippen molar-refractivity contribution in [1.29, 1.82) is 0 Å². The van der Waals surface area contributed by atoms with Crippen molar-refractivity contribution in [2.45, 2.75) is 19.3 Å². The fourth-order valence-corrected chi connectivity index (χ4v) is 2.78. The largest absolute Gasteiger partial charge is 0.497 e. The molecule has 0 aromatic heterocycles. The van der Waals surface area contributed by atoms with Crippen LogP contribution in [0.2, 0.25) is 0 Å². The van der Waals surface area contributed by atoms with Gasteiger partial charge in [0.1, 0.15) is 5.75 Å². The van der Waals surface area contributed by atoms with Gasteiger partial charge < -0.3 is 10.1 Å². The molecule has 5 nitrogen and oxygen atoms in total. The minimum atomic E-state index is -0.165. The summed E-state index contributed by atoms with van der Waals surface area (Å²) in [6.45, 7) is 0.171. The van der Waals surface area contributed by atoms with Gasteiger partial charge >= 0.3 is 0 Å². The maximum atomic E-state index is 12.0. The van der Waals surface area contributed by atoms with Gasteiger partial charge in [0.05, 0.1) is 19.4 Å². The van der Waals surface area contributed by atoms with Gasteiger partial charge in [0.15, 0.2) is 0 Å². The van der Waals surface area contributed by atoms with Crippen LogP contribution >= 0.6 is 0 Å². The summed E-state index contributed by atoms with van der Waals surface area (Å²) in [5.41, 5.74) is 6.91. The van der Waals surface area contributed by atoms with Crippen molar-refractivity contribution in [2.75, 3.05) is 19.0 Å². The molecule has 0 radical (unpaired) electrons. The average Bonchev–Trinajstić information content (AvgIpc) is 2.65. The van der Waals surface area contributed by atoms with Crippen LogP contribution in [-0.4, -0.2) is 25.3 Å². The predicted octanol–water partition coefficient (Wildman–Crippen LogP) is 2.96. The lowest BCUT2D eigenvalue weighted by Crippen LogP contribution is -2.27. The van der Waals surface area contributed by atoms with Crippen molar-refractivity contribution >= 4 is 17.3 Å². The highest BCUT2D eigenvalue weighted by atomic mass is 16.5. The molecule has 1 aliphatic rings. The van der Waals surface area contributed by atoms with E-state index in [1.165, 1.54) is 5.56 Å². The molecule has 2 aromatic rings. The number of benzene rings is 2. The van der Waals surface area contributed by atoms with E-state index in [1.807, 2.05) is 36.4 Å². The summed E-state index contributed by atoms with van der Waals surface area (Å²) >= 11 is 0. The topological polar surface area (TPSA) is 62.7 Å². The Hall–Kier alpha value is -2.82. The van der Waals surface area contributed by atoms with Crippen LogP contribution in [0.1, 0.15) is 24.0 Å². The Balaban J connectivity index is 1.55. The second-order valence-corrected chi connectivity index (χ2v) is 5.69. The van der Waals surface area contributed by atoms with E-state index >= 15 is 0 Å². The molecule has 0 saturated carbocycles. The third kappa shape index (κ3) is 3.93. The first-order valence-electron chi connectivity index (χ1n) is 8.08. The number of rotatable bonds is 5. The first-order valence-corrected chi connectivity index (χ1v) is 8.08. The molecular formula is C19H21N3O2. The van der Waals surface area contributed by atoms with E-state index in [-0.39, 0.29) is 12.5 Å². The molecule has 0 bridgehead atoms. The highest BCUT2D eigenvalue weighted by molar-refractivity contribution is 6.03. The smallest absolute Gasteiger partial charge is 0.259 e. The minimum absolute atomic E-state index is 0.165. The molecule has 0 aliphatic heterocycles. The van der Waals surface area contributed by atoms with Crippen molar-refractivity contribution in [2.24, 2.45) is 5.10 Å². The summed E-state index contributed by atoms with van der Waals surface area (Å²) in [4.78, 5) is 12.0. The third-order valence-electron chi connectivity index (χ3n) is 4.05. The van der Waals surface area contributed by atoms with Crippen LogP contribution in [0.15, 0.2) is 53.6 Å². The van der Waals surface area contributed by atoms with Gasteiger partial charge in [-0.1, -0.05) is 24.3 Å². The molecule has 0 heterocycles. The van der Waals surface area contributed by atoms with Gasteiger partial charge in [0.25, 0.3) is 5.91 Å². The molecule has 2 aromatic carbocycles. The lowest BCUT2D eigenvalue weighted by atomic mass is 9.90. The molecule has 0 atom stereocenters. The molecule has 1 amide bonds. The molecule has 0 saturated heterocycles. The predicted molar refractivity (Wildman–Crippen MR) is 95.5 cm³/mol. The van der Waals surface area contributed by atoms with Gasteiger partial charge in [-0.3, -0.25) is 4.79 Å². The Morgan fingerprint density at radius 1 is 1.12 bits per heavy atom. The summed E-state index contributed by atoms with van der Waals surface area (Å²) < 4.78 is 5.10. The fraction of sp³-hybridized carbons (Fsp3) is 0.263. The van der Waals surface area contributed by atoms with Crippen LogP contribution in [0, 0.1) is 0 Å². The number of anilines is 1. The number of fused-ring (bicyclic) bond motifs is 1. The SMILES string of the molecule is COc1ccc(NCC(=O)N/N=C2\CCCc3ccccc32)cc1. The van der Waals surface area contributed by atoms with Crippen molar-refractivity contribution < 1.29 is 9.53 Å². The molecule has 0 spiro atoms. The lowest BCUT2D eigenvalue weighted by Gasteiger charge is -2.17. The Morgan fingerprint density at radius 3 is 2.71 bits per heavy atom. The van der Waals surface area contributed by atoms with Crippen LogP contribution < -0.4 is 15.5 Å². The Morgan fingerprint density at radius 2 is 1.92 bits per heavy atom. The van der Waals surface area contributed by atoms with Crippen LogP contribution in [-0.2, 0) is 11.2 Å². The molecule has 0 fully saturated rings. The second-order valence-electron chi connectivity index (χ2n) is 5.69.